The first kappa shape index (κ1) is 29.9. The molecule has 0 radical (unpaired) electrons. The van der Waals surface area contributed by atoms with Crippen molar-refractivity contribution in [1.29, 1.82) is 5.41 Å². The largest absolute Gasteiger partial charge is 0.444 e. The molecule has 11 heteroatoms. The van der Waals surface area contributed by atoms with Gasteiger partial charge in [0.15, 0.2) is 0 Å². The van der Waals surface area contributed by atoms with Gasteiger partial charge in [0.25, 0.3) is 5.91 Å². The number of hydrogen-bond acceptors (Lipinski definition) is 6. The van der Waals surface area contributed by atoms with Crippen molar-refractivity contribution in [2.45, 2.75) is 71.6 Å². The summed E-state index contributed by atoms with van der Waals surface area (Å²) < 4.78 is 5.30. The molecule has 1 aromatic carbocycles. The minimum absolute atomic E-state index is 0. The molecule has 35 heavy (non-hydrogen) atoms. The lowest BCUT2D eigenvalue weighted by Gasteiger charge is -2.30. The number of nitrogens with one attached hydrogen (secondary N) is 3. The Morgan fingerprint density at radius 1 is 1.14 bits per heavy atom. The molecule has 0 aliphatic carbocycles. The van der Waals surface area contributed by atoms with Gasteiger partial charge in [-0.2, -0.15) is 0 Å². The summed E-state index contributed by atoms with van der Waals surface area (Å²) in [5.41, 5.74) is 5.40. The van der Waals surface area contributed by atoms with Crippen molar-refractivity contribution >= 4 is 42.1 Å². The van der Waals surface area contributed by atoms with Crippen LogP contribution in [0.4, 0.5) is 4.79 Å². The Bertz CT molecular complexity index is 943. The Hall–Kier alpha value is -3.14. The van der Waals surface area contributed by atoms with Crippen molar-refractivity contribution in [3.05, 3.63) is 35.4 Å². The van der Waals surface area contributed by atoms with E-state index in [2.05, 4.69) is 10.6 Å². The summed E-state index contributed by atoms with van der Waals surface area (Å²) in [4.78, 5) is 52.5. The highest BCUT2D eigenvalue weighted by Gasteiger charge is 2.38. The molecule has 2 rings (SSSR count). The van der Waals surface area contributed by atoms with E-state index in [1.165, 1.54) is 29.2 Å². The van der Waals surface area contributed by atoms with Crippen LogP contribution in [0.2, 0.25) is 0 Å². The first-order valence-corrected chi connectivity index (χ1v) is 11.4. The molecule has 1 saturated heterocycles. The van der Waals surface area contributed by atoms with Gasteiger partial charge in [-0.25, -0.2) is 4.79 Å². The van der Waals surface area contributed by atoms with Crippen molar-refractivity contribution in [2.75, 3.05) is 6.54 Å². The molecule has 0 saturated carbocycles. The quantitative estimate of drug-likeness (QED) is 0.251. The lowest BCUT2D eigenvalue weighted by Crippen LogP contribution is -2.54. The van der Waals surface area contributed by atoms with Crippen LogP contribution in [0, 0.1) is 11.3 Å². The molecular weight excluding hydrogens is 474 g/mol. The van der Waals surface area contributed by atoms with Crippen LogP contribution in [-0.4, -0.2) is 58.8 Å². The summed E-state index contributed by atoms with van der Waals surface area (Å²) in [5, 5.41) is 12.4. The number of imide groups is 1. The highest BCUT2D eigenvalue weighted by molar-refractivity contribution is 6.07. The number of hydrogen-bond donors (Lipinski definition) is 4. The molecule has 1 heterocycles. The van der Waals surface area contributed by atoms with E-state index in [-0.39, 0.29) is 35.6 Å². The van der Waals surface area contributed by atoms with E-state index in [9.17, 15) is 19.2 Å². The molecule has 1 fully saturated rings. The number of benzene rings is 1. The van der Waals surface area contributed by atoms with Crippen molar-refractivity contribution < 1.29 is 23.9 Å². The molecule has 1 aromatic rings. The second kappa shape index (κ2) is 12.5. The number of ether oxygens (including phenoxy) is 1. The summed E-state index contributed by atoms with van der Waals surface area (Å²) in [6, 6.07) is 4.32. The third-order valence-electron chi connectivity index (χ3n) is 5.23. The number of rotatable bonds is 7. The maximum atomic E-state index is 13.3. The monoisotopic (exact) mass is 509 g/mol. The molecule has 194 valence electrons. The van der Waals surface area contributed by atoms with Gasteiger partial charge in [0.2, 0.25) is 11.8 Å². The maximum absolute atomic E-state index is 13.3. The maximum Gasteiger partial charge on any atom is 0.408 e. The molecular formula is C24H36ClN5O5. The number of alkyl carbamates (subject to hydrolysis) is 1. The zero-order chi connectivity index (χ0) is 25.6. The lowest BCUT2D eigenvalue weighted by atomic mass is 10.0. The van der Waals surface area contributed by atoms with Crippen LogP contribution < -0.4 is 16.4 Å². The van der Waals surface area contributed by atoms with Gasteiger partial charge in [0.05, 0.1) is 0 Å². The topological polar surface area (TPSA) is 155 Å². The van der Waals surface area contributed by atoms with Gasteiger partial charge in [0, 0.05) is 17.7 Å². The van der Waals surface area contributed by atoms with E-state index in [1.807, 2.05) is 13.8 Å². The zero-order valence-corrected chi connectivity index (χ0v) is 21.7. The predicted molar refractivity (Wildman–Crippen MR) is 135 cm³/mol. The van der Waals surface area contributed by atoms with E-state index in [4.69, 9.17) is 15.9 Å². The van der Waals surface area contributed by atoms with Crippen LogP contribution in [0.15, 0.2) is 24.3 Å². The van der Waals surface area contributed by atoms with E-state index in [0.29, 0.717) is 31.4 Å². The fourth-order valence-electron chi connectivity index (χ4n) is 3.71. The van der Waals surface area contributed by atoms with E-state index in [1.54, 1.807) is 20.8 Å². The van der Waals surface area contributed by atoms with E-state index < -0.39 is 35.6 Å². The molecule has 0 spiro atoms. The second-order valence-electron chi connectivity index (χ2n) is 9.83. The fourth-order valence-corrected chi connectivity index (χ4v) is 3.71. The average molecular weight is 510 g/mol. The van der Waals surface area contributed by atoms with Crippen LogP contribution >= 0.6 is 12.4 Å². The molecule has 0 unspecified atom stereocenters. The molecule has 4 amide bonds. The zero-order valence-electron chi connectivity index (χ0n) is 20.8. The first-order valence-electron chi connectivity index (χ1n) is 11.4. The third-order valence-corrected chi connectivity index (χ3v) is 5.23. The van der Waals surface area contributed by atoms with Crippen LogP contribution in [-0.2, 0) is 14.3 Å². The third kappa shape index (κ3) is 8.86. The summed E-state index contributed by atoms with van der Waals surface area (Å²) in [7, 11) is 0. The van der Waals surface area contributed by atoms with Gasteiger partial charge >= 0.3 is 6.09 Å². The number of nitrogen functional groups attached to an aromatic ring is 1. The number of nitrogens with two attached hydrogens (primary N) is 1. The standard InChI is InChI=1S/C24H35N5O5.ClH/c1-14(2)13-17(27-23(33)34-24(3,4)5)22(32)29-12-6-7-18(29)21(31)28-20(30)16-10-8-15(9-11-16)19(25)26;/h8-11,14,17-18H,6-7,12-13H2,1-5H3,(H3,25,26)(H,27,33)(H,28,30,31);1H/t17-,18+;/m1./s1. The van der Waals surface area contributed by atoms with E-state index >= 15 is 0 Å². The molecule has 1 aliphatic rings. The molecule has 2 atom stereocenters. The second-order valence-corrected chi connectivity index (χ2v) is 9.83. The molecule has 0 aromatic heterocycles. The first-order chi connectivity index (χ1) is 15.8. The van der Waals surface area contributed by atoms with Crippen LogP contribution in [0.3, 0.4) is 0 Å². The average Bonchev–Trinajstić information content (AvgIpc) is 3.21. The number of halogens is 1. The van der Waals surface area contributed by atoms with Crippen LogP contribution in [0.5, 0.6) is 0 Å². The SMILES string of the molecule is CC(C)C[C@@H](NC(=O)OC(C)(C)C)C(=O)N1CCC[C@H]1C(=O)NC(=O)c1ccc(C(=N)N)cc1.Cl. The summed E-state index contributed by atoms with van der Waals surface area (Å²) in [6.07, 6.45) is 0.696. The lowest BCUT2D eigenvalue weighted by molar-refractivity contribution is -0.140. The molecule has 0 bridgehead atoms. The number of amidine groups is 1. The highest BCUT2D eigenvalue weighted by atomic mass is 35.5. The Morgan fingerprint density at radius 3 is 2.23 bits per heavy atom. The molecule has 1 aliphatic heterocycles. The Balaban J connectivity index is 0.00000612. The Labute approximate surface area is 212 Å². The van der Waals surface area contributed by atoms with Crippen molar-refractivity contribution in [3.8, 4) is 0 Å². The van der Waals surface area contributed by atoms with Crippen molar-refractivity contribution in [3.63, 3.8) is 0 Å². The van der Waals surface area contributed by atoms with Gasteiger partial charge in [-0.3, -0.25) is 25.1 Å². The molecule has 10 nitrogen and oxygen atoms in total. The van der Waals surface area contributed by atoms with Gasteiger partial charge in [-0.05, 0) is 58.1 Å². The van der Waals surface area contributed by atoms with Crippen LogP contribution in [0.25, 0.3) is 0 Å². The van der Waals surface area contributed by atoms with Crippen molar-refractivity contribution in [1.82, 2.24) is 15.5 Å². The normalized spacial score (nSPS) is 16.2. The number of amides is 4. The highest BCUT2D eigenvalue weighted by Crippen LogP contribution is 2.21. The van der Waals surface area contributed by atoms with Crippen LogP contribution in [0.1, 0.15) is 69.8 Å². The number of carbonyl (C=O) groups excluding carboxylic acids is 4. The Morgan fingerprint density at radius 2 is 1.71 bits per heavy atom. The number of likely N-dealkylation sites (tertiary alicyclic amines) is 1. The van der Waals surface area contributed by atoms with Gasteiger partial charge in [0.1, 0.15) is 23.5 Å². The summed E-state index contributed by atoms with van der Waals surface area (Å²) in [6.45, 7) is 9.41. The van der Waals surface area contributed by atoms with Gasteiger partial charge < -0.3 is 20.7 Å². The number of nitrogens with zero attached hydrogens (tertiary/aromatic N) is 1. The molecule has 5 N–H and O–H groups in total. The minimum atomic E-state index is -0.849. The van der Waals surface area contributed by atoms with E-state index in [0.717, 1.165) is 0 Å². The van der Waals surface area contributed by atoms with Gasteiger partial charge in [-0.1, -0.05) is 26.0 Å². The predicted octanol–water partition coefficient (Wildman–Crippen LogP) is 2.58. The van der Waals surface area contributed by atoms with Gasteiger partial charge in [-0.15, -0.1) is 12.4 Å². The Kier molecular flexibility index (Phi) is 10.7. The van der Waals surface area contributed by atoms with Crippen molar-refractivity contribution in [2.24, 2.45) is 11.7 Å². The summed E-state index contributed by atoms with van der Waals surface area (Å²) >= 11 is 0. The smallest absolute Gasteiger partial charge is 0.408 e. The summed E-state index contributed by atoms with van der Waals surface area (Å²) in [5.74, 6) is -1.58. The fraction of sp³-hybridized carbons (Fsp3) is 0.542. The minimum Gasteiger partial charge on any atom is -0.444 e. The number of carbonyl (C=O) groups is 4.